The molecular weight excluding hydrogens is 317 g/mol. The van der Waals surface area contributed by atoms with Crippen molar-refractivity contribution in [2.24, 2.45) is 11.7 Å². The minimum atomic E-state index is -4.11. The summed E-state index contributed by atoms with van der Waals surface area (Å²) in [5, 5.41) is 3.17. The van der Waals surface area contributed by atoms with Gasteiger partial charge in [-0.1, -0.05) is 24.3 Å². The summed E-state index contributed by atoms with van der Waals surface area (Å²) in [7, 11) is 1.50. The summed E-state index contributed by atoms with van der Waals surface area (Å²) in [4.78, 5) is 10.8. The highest BCUT2D eigenvalue weighted by atomic mass is 19.4. The van der Waals surface area contributed by atoms with Gasteiger partial charge in [-0.25, -0.2) is 0 Å². The van der Waals surface area contributed by atoms with E-state index in [-0.39, 0.29) is 18.9 Å². The number of hydrogen-bond donors (Lipinski definition) is 2. The van der Waals surface area contributed by atoms with Crippen molar-refractivity contribution >= 4 is 6.29 Å². The van der Waals surface area contributed by atoms with Crippen molar-refractivity contribution in [2.45, 2.75) is 31.5 Å². The molecule has 0 saturated heterocycles. The number of fused-ring (bicyclic) bond motifs is 1. The Morgan fingerprint density at radius 3 is 2.67 bits per heavy atom. The molecule has 3 N–H and O–H groups in total. The standard InChI is InChI=1S/C17H16F3NO.CH5N/c18-17(19,20)14-6-4-12(5-7-14)15-3-1-2-13-8-11(10-22)9-21-16(13)15;1-2/h1-4,8-10,14,16,21H,5-7H2;2H2,1H3. The van der Waals surface area contributed by atoms with E-state index in [1.54, 1.807) is 18.4 Å². The average molecular weight is 338 g/mol. The van der Waals surface area contributed by atoms with Crippen molar-refractivity contribution < 1.29 is 18.0 Å². The number of rotatable bonds is 2. The highest BCUT2D eigenvalue weighted by Crippen LogP contribution is 2.40. The summed E-state index contributed by atoms with van der Waals surface area (Å²) in [6.07, 6.45) is 8.17. The van der Waals surface area contributed by atoms with Crippen LogP contribution in [0, 0.1) is 5.92 Å². The minimum Gasteiger partial charge on any atom is -0.379 e. The first-order chi connectivity index (χ1) is 11.5. The zero-order valence-electron chi connectivity index (χ0n) is 13.4. The Morgan fingerprint density at radius 1 is 1.33 bits per heavy atom. The summed E-state index contributed by atoms with van der Waals surface area (Å²) in [5.74, 6) is -1.23. The van der Waals surface area contributed by atoms with Crippen LogP contribution in [0.5, 0.6) is 0 Å². The Morgan fingerprint density at radius 2 is 2.08 bits per heavy atom. The molecule has 1 aliphatic heterocycles. The fourth-order valence-electron chi connectivity index (χ4n) is 3.12. The van der Waals surface area contributed by atoms with Gasteiger partial charge < -0.3 is 11.1 Å². The lowest BCUT2D eigenvalue weighted by Crippen LogP contribution is -2.34. The van der Waals surface area contributed by atoms with E-state index in [4.69, 9.17) is 0 Å². The normalized spacial score (nSPS) is 25.7. The van der Waals surface area contributed by atoms with Gasteiger partial charge in [-0.05, 0) is 49.1 Å². The molecule has 0 radical (unpaired) electrons. The number of carbonyl (C=O) groups excluding carboxylic acids is 1. The van der Waals surface area contributed by atoms with Gasteiger partial charge in [0.25, 0.3) is 0 Å². The van der Waals surface area contributed by atoms with Crippen molar-refractivity contribution in [3.8, 4) is 0 Å². The van der Waals surface area contributed by atoms with Crippen molar-refractivity contribution in [1.29, 1.82) is 0 Å². The Hall–Kier alpha value is -2.08. The van der Waals surface area contributed by atoms with Gasteiger partial charge in [-0.3, -0.25) is 4.79 Å². The van der Waals surface area contributed by atoms with Gasteiger partial charge in [0.15, 0.2) is 6.29 Å². The van der Waals surface area contributed by atoms with E-state index in [1.165, 1.54) is 7.05 Å². The Bertz CT molecular complexity index is 639. The van der Waals surface area contributed by atoms with Crippen molar-refractivity contribution in [1.82, 2.24) is 5.32 Å². The lowest BCUT2D eigenvalue weighted by Gasteiger charge is -2.32. The fourth-order valence-corrected chi connectivity index (χ4v) is 3.12. The summed E-state index contributed by atoms with van der Waals surface area (Å²) in [6.45, 7) is 0. The van der Waals surface area contributed by atoms with Crippen LogP contribution in [-0.2, 0) is 4.79 Å². The van der Waals surface area contributed by atoms with Crippen molar-refractivity contribution in [3.05, 3.63) is 58.9 Å². The molecule has 0 spiro atoms. The molecule has 0 amide bonds. The number of nitrogens with two attached hydrogens (primary N) is 1. The third kappa shape index (κ3) is 3.87. The molecule has 2 atom stereocenters. The highest BCUT2D eigenvalue weighted by molar-refractivity contribution is 5.79. The molecule has 3 rings (SSSR count). The third-order valence-corrected chi connectivity index (χ3v) is 4.34. The summed E-state index contributed by atoms with van der Waals surface area (Å²) >= 11 is 0. The number of carbonyl (C=O) groups is 1. The third-order valence-electron chi connectivity index (χ3n) is 4.34. The Labute approximate surface area is 139 Å². The fraction of sp³-hybridized carbons (Fsp3) is 0.389. The highest BCUT2D eigenvalue weighted by Gasteiger charge is 2.40. The minimum absolute atomic E-state index is 0.0427. The predicted octanol–water partition coefficient (Wildman–Crippen LogP) is 3.33. The number of aldehydes is 1. The number of allylic oxidation sites excluding steroid dienone is 5. The maximum Gasteiger partial charge on any atom is 0.392 e. The lowest BCUT2D eigenvalue weighted by molar-refractivity contribution is -0.176. The van der Waals surface area contributed by atoms with Gasteiger partial charge in [0.2, 0.25) is 0 Å². The summed E-state index contributed by atoms with van der Waals surface area (Å²) in [5.41, 5.74) is 7.99. The van der Waals surface area contributed by atoms with E-state index in [0.717, 1.165) is 23.0 Å². The smallest absolute Gasteiger partial charge is 0.379 e. The number of nitrogens with one attached hydrogen (secondary N) is 1. The average Bonchev–Trinajstić information content (AvgIpc) is 2.61. The SMILES string of the molecule is CN.O=CC1=CNC2C(=C1)C=CC=C2C1=CCC(C(F)(F)F)CC1. The van der Waals surface area contributed by atoms with E-state index >= 15 is 0 Å². The molecule has 2 aliphatic carbocycles. The monoisotopic (exact) mass is 338 g/mol. The number of dihydropyridines is 1. The van der Waals surface area contributed by atoms with Crippen molar-refractivity contribution in [3.63, 3.8) is 0 Å². The van der Waals surface area contributed by atoms with E-state index in [1.807, 2.05) is 18.2 Å². The lowest BCUT2D eigenvalue weighted by atomic mass is 9.80. The first-order valence-electron chi connectivity index (χ1n) is 7.84. The van der Waals surface area contributed by atoms with Gasteiger partial charge >= 0.3 is 6.18 Å². The summed E-state index contributed by atoms with van der Waals surface area (Å²) < 4.78 is 38.2. The molecule has 3 nitrogen and oxygen atoms in total. The van der Waals surface area contributed by atoms with Crippen LogP contribution in [-0.4, -0.2) is 25.6 Å². The Kier molecular flexibility index (Phi) is 5.83. The zero-order chi connectivity index (χ0) is 17.7. The van der Waals surface area contributed by atoms with Gasteiger partial charge in [0.1, 0.15) is 0 Å². The topological polar surface area (TPSA) is 55.1 Å². The molecule has 0 aromatic carbocycles. The molecule has 3 aliphatic rings. The molecule has 24 heavy (non-hydrogen) atoms. The van der Waals surface area contributed by atoms with E-state index < -0.39 is 12.1 Å². The molecule has 0 bridgehead atoms. The first-order valence-corrected chi connectivity index (χ1v) is 7.84. The largest absolute Gasteiger partial charge is 0.392 e. The first kappa shape index (κ1) is 18.3. The van der Waals surface area contributed by atoms with Crippen LogP contribution in [0.3, 0.4) is 0 Å². The maximum atomic E-state index is 12.7. The van der Waals surface area contributed by atoms with Crippen LogP contribution >= 0.6 is 0 Å². The number of alkyl halides is 3. The van der Waals surface area contributed by atoms with Gasteiger partial charge in [-0.2, -0.15) is 13.2 Å². The molecular formula is C18H21F3N2O. The van der Waals surface area contributed by atoms with Gasteiger partial charge in [-0.15, -0.1) is 0 Å². The second kappa shape index (κ2) is 7.66. The molecule has 6 heteroatoms. The van der Waals surface area contributed by atoms with Crippen LogP contribution in [0.2, 0.25) is 0 Å². The second-order valence-corrected chi connectivity index (χ2v) is 5.73. The quantitative estimate of drug-likeness (QED) is 0.760. The van der Waals surface area contributed by atoms with E-state index in [0.29, 0.717) is 12.0 Å². The van der Waals surface area contributed by atoms with Crippen LogP contribution < -0.4 is 11.1 Å². The molecule has 1 heterocycles. The van der Waals surface area contributed by atoms with Crippen LogP contribution in [0.25, 0.3) is 0 Å². The van der Waals surface area contributed by atoms with Crippen molar-refractivity contribution in [2.75, 3.05) is 7.05 Å². The Balaban J connectivity index is 0.00000100. The summed E-state index contributed by atoms with van der Waals surface area (Å²) in [6, 6.07) is -0.0811. The van der Waals surface area contributed by atoms with E-state index in [2.05, 4.69) is 11.1 Å². The molecule has 0 saturated carbocycles. The molecule has 0 fully saturated rings. The molecule has 130 valence electrons. The maximum absolute atomic E-state index is 12.7. The second-order valence-electron chi connectivity index (χ2n) is 5.73. The van der Waals surface area contributed by atoms with Crippen LogP contribution in [0.1, 0.15) is 19.3 Å². The van der Waals surface area contributed by atoms with Crippen LogP contribution in [0.4, 0.5) is 13.2 Å². The van der Waals surface area contributed by atoms with Crippen LogP contribution in [0.15, 0.2) is 58.9 Å². The zero-order valence-corrected chi connectivity index (χ0v) is 13.4. The molecule has 0 aromatic heterocycles. The predicted molar refractivity (Wildman–Crippen MR) is 88.0 cm³/mol. The molecule has 0 aromatic rings. The van der Waals surface area contributed by atoms with E-state index in [9.17, 15) is 18.0 Å². The number of hydrogen-bond acceptors (Lipinski definition) is 3. The van der Waals surface area contributed by atoms with Gasteiger partial charge in [0.05, 0.1) is 12.0 Å². The molecule has 2 unspecified atom stereocenters. The van der Waals surface area contributed by atoms with Gasteiger partial charge in [0, 0.05) is 11.8 Å². The number of halogens is 3.